The van der Waals surface area contributed by atoms with Crippen molar-refractivity contribution in [3.63, 3.8) is 0 Å². The number of thiophene rings is 1. The van der Waals surface area contributed by atoms with Gasteiger partial charge in [-0.25, -0.2) is 4.39 Å². The Morgan fingerprint density at radius 3 is 2.90 bits per heavy atom. The van der Waals surface area contributed by atoms with Crippen LogP contribution in [0.3, 0.4) is 0 Å². The highest BCUT2D eigenvalue weighted by molar-refractivity contribution is 7.99. The third-order valence-electron chi connectivity index (χ3n) is 3.25. The topological polar surface area (TPSA) is 12.0 Å². The van der Waals surface area contributed by atoms with Gasteiger partial charge in [-0.05, 0) is 55.5 Å². The molecule has 4 heteroatoms. The Morgan fingerprint density at radius 2 is 2.19 bits per heavy atom. The van der Waals surface area contributed by atoms with Crippen LogP contribution in [0.1, 0.15) is 24.6 Å². The maximum Gasteiger partial charge on any atom is 0.124 e. The Bertz CT molecular complexity index is 513. The molecule has 21 heavy (non-hydrogen) atoms. The fourth-order valence-corrected chi connectivity index (χ4v) is 3.89. The van der Waals surface area contributed by atoms with Crippen LogP contribution in [0.5, 0.6) is 0 Å². The van der Waals surface area contributed by atoms with E-state index < -0.39 is 0 Å². The standard InChI is InChI=1S/C17H22FNS2/c1-2-10-19-15(8-9-16-7-4-11-20-16)13-21-17-6-3-5-14(18)12-17/h3-7,11-12,15,19H,2,8-10,13H2,1H3. The van der Waals surface area contributed by atoms with Crippen molar-refractivity contribution in [2.75, 3.05) is 12.3 Å². The summed E-state index contributed by atoms with van der Waals surface area (Å²) in [6.45, 7) is 3.22. The molecule has 0 amide bonds. The molecular weight excluding hydrogens is 301 g/mol. The molecule has 2 aromatic rings. The van der Waals surface area contributed by atoms with E-state index >= 15 is 0 Å². The van der Waals surface area contributed by atoms with E-state index in [9.17, 15) is 4.39 Å². The lowest BCUT2D eigenvalue weighted by Gasteiger charge is -2.18. The van der Waals surface area contributed by atoms with Gasteiger partial charge in [0.25, 0.3) is 0 Å². The summed E-state index contributed by atoms with van der Waals surface area (Å²) in [5.41, 5.74) is 0. The van der Waals surface area contributed by atoms with Crippen LogP contribution in [0, 0.1) is 5.82 Å². The van der Waals surface area contributed by atoms with Gasteiger partial charge in [0.1, 0.15) is 5.82 Å². The first-order chi connectivity index (χ1) is 10.3. The first-order valence-corrected chi connectivity index (χ1v) is 9.28. The van der Waals surface area contributed by atoms with Gasteiger partial charge in [-0.1, -0.05) is 19.1 Å². The van der Waals surface area contributed by atoms with Gasteiger partial charge in [-0.2, -0.15) is 0 Å². The van der Waals surface area contributed by atoms with Crippen LogP contribution in [0.25, 0.3) is 0 Å². The predicted molar refractivity (Wildman–Crippen MR) is 91.8 cm³/mol. The zero-order valence-electron chi connectivity index (χ0n) is 12.3. The van der Waals surface area contributed by atoms with Crippen LogP contribution in [0.15, 0.2) is 46.7 Å². The molecular formula is C17H22FNS2. The third kappa shape index (κ3) is 6.20. The molecule has 0 radical (unpaired) electrons. The second-order valence-electron chi connectivity index (χ2n) is 5.04. The minimum absolute atomic E-state index is 0.156. The molecule has 0 aliphatic rings. The summed E-state index contributed by atoms with van der Waals surface area (Å²) in [7, 11) is 0. The minimum atomic E-state index is -0.156. The van der Waals surface area contributed by atoms with Crippen molar-refractivity contribution in [1.82, 2.24) is 5.32 Å². The van der Waals surface area contributed by atoms with Crippen LogP contribution >= 0.6 is 23.1 Å². The normalized spacial score (nSPS) is 12.5. The van der Waals surface area contributed by atoms with Gasteiger partial charge in [-0.15, -0.1) is 23.1 Å². The molecule has 1 aromatic heterocycles. The molecule has 1 aromatic carbocycles. The molecule has 1 N–H and O–H groups in total. The van der Waals surface area contributed by atoms with Gasteiger partial charge in [-0.3, -0.25) is 0 Å². The zero-order chi connectivity index (χ0) is 14.9. The van der Waals surface area contributed by atoms with Crippen LogP contribution in [-0.4, -0.2) is 18.3 Å². The fourth-order valence-electron chi connectivity index (χ4n) is 2.12. The van der Waals surface area contributed by atoms with Gasteiger partial charge in [0.05, 0.1) is 0 Å². The highest BCUT2D eigenvalue weighted by atomic mass is 32.2. The molecule has 0 aliphatic heterocycles. The summed E-state index contributed by atoms with van der Waals surface area (Å²) in [4.78, 5) is 2.45. The molecule has 114 valence electrons. The molecule has 0 saturated carbocycles. The van der Waals surface area contributed by atoms with E-state index in [1.165, 1.54) is 10.9 Å². The summed E-state index contributed by atoms with van der Waals surface area (Å²) in [6.07, 6.45) is 3.38. The number of nitrogens with one attached hydrogen (secondary N) is 1. The smallest absolute Gasteiger partial charge is 0.124 e. The van der Waals surface area contributed by atoms with E-state index in [4.69, 9.17) is 0 Å². The molecule has 1 nitrogen and oxygen atoms in total. The molecule has 2 rings (SSSR count). The van der Waals surface area contributed by atoms with Crippen molar-refractivity contribution in [2.45, 2.75) is 37.1 Å². The average molecular weight is 324 g/mol. The molecule has 0 aliphatic carbocycles. The summed E-state index contributed by atoms with van der Waals surface area (Å²) in [5, 5.41) is 5.74. The van der Waals surface area contributed by atoms with Crippen LogP contribution < -0.4 is 5.32 Å². The number of halogens is 1. The van der Waals surface area contributed by atoms with E-state index in [1.807, 2.05) is 17.4 Å². The molecule has 1 heterocycles. The number of thioether (sulfide) groups is 1. The lowest BCUT2D eigenvalue weighted by molar-refractivity contribution is 0.521. The van der Waals surface area contributed by atoms with Crippen molar-refractivity contribution in [2.24, 2.45) is 0 Å². The van der Waals surface area contributed by atoms with E-state index in [0.29, 0.717) is 6.04 Å². The Balaban J connectivity index is 1.83. The summed E-state index contributed by atoms with van der Waals surface area (Å²) in [5.74, 6) is 0.825. The molecule has 1 unspecified atom stereocenters. The van der Waals surface area contributed by atoms with Gasteiger partial charge in [0, 0.05) is 21.6 Å². The number of rotatable bonds is 9. The SMILES string of the molecule is CCCNC(CCc1cccs1)CSc1cccc(F)c1. The van der Waals surface area contributed by atoms with E-state index in [1.54, 1.807) is 23.9 Å². The maximum atomic E-state index is 13.2. The summed E-state index contributed by atoms with van der Waals surface area (Å²) >= 11 is 3.55. The predicted octanol–water partition coefficient (Wildman–Crippen LogP) is 4.98. The minimum Gasteiger partial charge on any atom is -0.313 e. The zero-order valence-corrected chi connectivity index (χ0v) is 14.0. The number of aryl methyl sites for hydroxylation is 1. The Kier molecular flexibility index (Phi) is 7.27. The largest absolute Gasteiger partial charge is 0.313 e. The number of benzene rings is 1. The van der Waals surface area contributed by atoms with Crippen molar-refractivity contribution in [3.8, 4) is 0 Å². The second kappa shape index (κ2) is 9.23. The molecule has 1 atom stereocenters. The second-order valence-corrected chi connectivity index (χ2v) is 7.16. The first kappa shape index (κ1) is 16.5. The van der Waals surface area contributed by atoms with Crippen LogP contribution in [0.4, 0.5) is 4.39 Å². The van der Waals surface area contributed by atoms with Crippen molar-refractivity contribution < 1.29 is 4.39 Å². The average Bonchev–Trinajstić information content (AvgIpc) is 3.00. The lowest BCUT2D eigenvalue weighted by atomic mass is 10.1. The molecule has 0 bridgehead atoms. The van der Waals surface area contributed by atoms with Crippen molar-refractivity contribution in [3.05, 3.63) is 52.5 Å². The summed E-state index contributed by atoms with van der Waals surface area (Å²) < 4.78 is 13.2. The van der Waals surface area contributed by atoms with Crippen LogP contribution in [0.2, 0.25) is 0 Å². The van der Waals surface area contributed by atoms with Gasteiger partial charge in [0.15, 0.2) is 0 Å². The molecule has 0 saturated heterocycles. The fraction of sp³-hybridized carbons (Fsp3) is 0.412. The summed E-state index contributed by atoms with van der Waals surface area (Å²) in [6, 6.07) is 11.6. The Labute approximate surface area is 135 Å². The number of hydrogen-bond donors (Lipinski definition) is 1. The third-order valence-corrected chi connectivity index (χ3v) is 5.34. The Morgan fingerprint density at radius 1 is 1.29 bits per heavy atom. The van der Waals surface area contributed by atoms with Gasteiger partial charge < -0.3 is 5.32 Å². The molecule has 0 fully saturated rings. The van der Waals surface area contributed by atoms with Crippen LogP contribution in [-0.2, 0) is 6.42 Å². The molecule has 0 spiro atoms. The van der Waals surface area contributed by atoms with E-state index in [2.05, 4.69) is 29.8 Å². The van der Waals surface area contributed by atoms with Crippen molar-refractivity contribution >= 4 is 23.1 Å². The lowest BCUT2D eigenvalue weighted by Crippen LogP contribution is -2.32. The first-order valence-electron chi connectivity index (χ1n) is 7.42. The quantitative estimate of drug-likeness (QED) is 0.653. The van der Waals surface area contributed by atoms with Gasteiger partial charge in [0.2, 0.25) is 0 Å². The van der Waals surface area contributed by atoms with Crippen molar-refractivity contribution in [1.29, 1.82) is 0 Å². The van der Waals surface area contributed by atoms with Gasteiger partial charge >= 0.3 is 0 Å². The monoisotopic (exact) mass is 323 g/mol. The number of hydrogen-bond acceptors (Lipinski definition) is 3. The van der Waals surface area contributed by atoms with E-state index in [0.717, 1.165) is 36.5 Å². The van der Waals surface area contributed by atoms with E-state index in [-0.39, 0.29) is 5.82 Å². The highest BCUT2D eigenvalue weighted by Gasteiger charge is 2.09. The maximum absolute atomic E-state index is 13.2. The highest BCUT2D eigenvalue weighted by Crippen LogP contribution is 2.21. The Hall–Kier alpha value is -0.840.